The Kier molecular flexibility index (Phi) is 4.90. The summed E-state index contributed by atoms with van der Waals surface area (Å²) in [5.74, 6) is 0.129. The lowest BCUT2D eigenvalue weighted by Gasteiger charge is -2.35. The van der Waals surface area contributed by atoms with E-state index in [1.807, 2.05) is 20.8 Å². The highest BCUT2D eigenvalue weighted by atomic mass is 19.1. The molecule has 2 rings (SSSR count). The van der Waals surface area contributed by atoms with Crippen LogP contribution in [-0.2, 0) is 4.74 Å². The third-order valence-corrected chi connectivity index (χ3v) is 3.41. The van der Waals surface area contributed by atoms with Crippen molar-refractivity contribution < 1.29 is 18.7 Å². The van der Waals surface area contributed by atoms with Crippen molar-refractivity contribution in [3.05, 3.63) is 29.6 Å². The molecule has 0 aliphatic carbocycles. The fourth-order valence-electron chi connectivity index (χ4n) is 2.37. The molecule has 1 heterocycles. The molecule has 1 aliphatic heterocycles. The van der Waals surface area contributed by atoms with Gasteiger partial charge in [-0.15, -0.1) is 0 Å². The Hall–Kier alpha value is -1.82. The van der Waals surface area contributed by atoms with E-state index < -0.39 is 5.60 Å². The van der Waals surface area contributed by atoms with Crippen LogP contribution in [0.2, 0.25) is 0 Å². The molecule has 0 spiro atoms. The number of hydrogen-bond donors (Lipinski definition) is 1. The molecule has 1 aromatic carbocycles. The number of nitrogens with one attached hydrogen (secondary N) is 1. The van der Waals surface area contributed by atoms with Crippen LogP contribution in [0, 0.1) is 5.82 Å². The Labute approximate surface area is 130 Å². The number of amides is 1. The molecule has 1 atom stereocenters. The van der Waals surface area contributed by atoms with Crippen LogP contribution in [0.3, 0.4) is 0 Å². The van der Waals surface area contributed by atoms with Crippen molar-refractivity contribution in [1.29, 1.82) is 0 Å². The van der Waals surface area contributed by atoms with Gasteiger partial charge in [-0.2, -0.15) is 0 Å². The molecule has 0 saturated carbocycles. The van der Waals surface area contributed by atoms with E-state index in [-0.39, 0.29) is 18.0 Å². The lowest BCUT2D eigenvalue weighted by molar-refractivity contribution is 0.0193. The summed E-state index contributed by atoms with van der Waals surface area (Å²) < 4.78 is 24.5. The second-order valence-electron chi connectivity index (χ2n) is 6.32. The second-order valence-corrected chi connectivity index (χ2v) is 6.32. The van der Waals surface area contributed by atoms with Gasteiger partial charge in [0.2, 0.25) is 0 Å². The minimum atomic E-state index is -0.539. The standard InChI is InChI=1S/C16H23FN2O3/c1-16(2,3)22-15(20)19-8-7-18-14(10-19)12-6-5-11(21-4)9-13(12)17/h5-6,9,14,18H,7-8,10H2,1-4H3. The van der Waals surface area contributed by atoms with Gasteiger partial charge in [0.25, 0.3) is 0 Å². The number of benzene rings is 1. The van der Waals surface area contributed by atoms with Gasteiger partial charge in [-0.3, -0.25) is 0 Å². The first kappa shape index (κ1) is 16.5. The predicted molar refractivity (Wildman–Crippen MR) is 81.5 cm³/mol. The van der Waals surface area contributed by atoms with Crippen LogP contribution in [0.1, 0.15) is 32.4 Å². The number of halogens is 1. The van der Waals surface area contributed by atoms with E-state index in [1.165, 1.54) is 13.2 Å². The van der Waals surface area contributed by atoms with Crippen LogP contribution in [0.25, 0.3) is 0 Å². The summed E-state index contributed by atoms with van der Waals surface area (Å²) >= 11 is 0. The lowest BCUT2D eigenvalue weighted by atomic mass is 10.0. The number of rotatable bonds is 2. The van der Waals surface area contributed by atoms with E-state index in [2.05, 4.69) is 5.32 Å². The molecular weight excluding hydrogens is 287 g/mol. The van der Waals surface area contributed by atoms with Gasteiger partial charge in [0.1, 0.15) is 17.2 Å². The van der Waals surface area contributed by atoms with Crippen molar-refractivity contribution in [2.24, 2.45) is 0 Å². The van der Waals surface area contributed by atoms with Gasteiger partial charge in [0.05, 0.1) is 13.2 Å². The number of carbonyl (C=O) groups excluding carboxylic acids is 1. The highest BCUT2D eigenvalue weighted by molar-refractivity contribution is 5.68. The van der Waals surface area contributed by atoms with Crippen molar-refractivity contribution >= 4 is 6.09 Å². The van der Waals surface area contributed by atoms with Crippen molar-refractivity contribution in [1.82, 2.24) is 10.2 Å². The molecule has 6 heteroatoms. The van der Waals surface area contributed by atoms with E-state index in [0.29, 0.717) is 30.9 Å². The zero-order valence-electron chi connectivity index (χ0n) is 13.5. The largest absolute Gasteiger partial charge is 0.497 e. The van der Waals surface area contributed by atoms with Gasteiger partial charge >= 0.3 is 6.09 Å². The van der Waals surface area contributed by atoms with Gasteiger partial charge in [-0.1, -0.05) is 6.07 Å². The molecular formula is C16H23FN2O3. The molecule has 5 nitrogen and oxygen atoms in total. The zero-order chi connectivity index (χ0) is 16.3. The quantitative estimate of drug-likeness (QED) is 0.912. The molecule has 0 radical (unpaired) electrons. The Morgan fingerprint density at radius 3 is 2.73 bits per heavy atom. The highest BCUT2D eigenvalue weighted by Gasteiger charge is 2.29. The Bertz CT molecular complexity index is 543. The van der Waals surface area contributed by atoms with Crippen molar-refractivity contribution in [2.75, 3.05) is 26.7 Å². The summed E-state index contributed by atoms with van der Waals surface area (Å²) in [6, 6.07) is 4.49. The predicted octanol–water partition coefficient (Wildman–Crippen LogP) is 2.72. The summed E-state index contributed by atoms with van der Waals surface area (Å²) in [6.45, 7) is 6.99. The van der Waals surface area contributed by atoms with Crippen LogP contribution in [-0.4, -0.2) is 43.3 Å². The molecule has 1 saturated heterocycles. The Morgan fingerprint density at radius 1 is 1.41 bits per heavy atom. The first-order chi connectivity index (χ1) is 10.3. The van der Waals surface area contributed by atoms with Gasteiger partial charge in [0.15, 0.2) is 0 Å². The maximum absolute atomic E-state index is 14.2. The molecule has 122 valence electrons. The molecule has 1 amide bonds. The van der Waals surface area contributed by atoms with Gasteiger partial charge in [0, 0.05) is 31.3 Å². The summed E-state index contributed by atoms with van der Waals surface area (Å²) in [4.78, 5) is 13.7. The summed E-state index contributed by atoms with van der Waals surface area (Å²) in [5, 5.41) is 3.23. The van der Waals surface area contributed by atoms with Crippen LogP contribution in [0.15, 0.2) is 18.2 Å². The fourth-order valence-corrected chi connectivity index (χ4v) is 2.37. The summed E-state index contributed by atoms with van der Waals surface area (Å²) in [5.41, 5.74) is -0.0166. The number of ether oxygens (including phenoxy) is 2. The van der Waals surface area contributed by atoms with Crippen molar-refractivity contribution in [2.45, 2.75) is 32.4 Å². The number of nitrogens with zero attached hydrogens (tertiary/aromatic N) is 1. The summed E-state index contributed by atoms with van der Waals surface area (Å²) in [6.07, 6.45) is -0.368. The second kappa shape index (κ2) is 6.52. The molecule has 1 unspecified atom stereocenters. The fraction of sp³-hybridized carbons (Fsp3) is 0.562. The average molecular weight is 310 g/mol. The molecule has 0 bridgehead atoms. The highest BCUT2D eigenvalue weighted by Crippen LogP contribution is 2.24. The van der Waals surface area contributed by atoms with E-state index >= 15 is 0 Å². The smallest absolute Gasteiger partial charge is 0.410 e. The van der Waals surface area contributed by atoms with E-state index in [9.17, 15) is 9.18 Å². The molecule has 22 heavy (non-hydrogen) atoms. The number of hydrogen-bond acceptors (Lipinski definition) is 4. The third kappa shape index (κ3) is 4.10. The SMILES string of the molecule is COc1ccc(C2CN(C(=O)OC(C)(C)C)CCN2)c(F)c1. The van der Waals surface area contributed by atoms with Gasteiger partial charge in [-0.25, -0.2) is 9.18 Å². The first-order valence-electron chi connectivity index (χ1n) is 7.35. The maximum Gasteiger partial charge on any atom is 0.410 e. The average Bonchev–Trinajstić information content (AvgIpc) is 2.45. The number of carbonyl (C=O) groups is 1. The van der Waals surface area contributed by atoms with E-state index in [1.54, 1.807) is 17.0 Å². The Morgan fingerprint density at radius 2 is 2.14 bits per heavy atom. The molecule has 0 aromatic heterocycles. The number of methoxy groups -OCH3 is 1. The lowest BCUT2D eigenvalue weighted by Crippen LogP contribution is -2.49. The van der Waals surface area contributed by atoms with Crippen LogP contribution in [0.5, 0.6) is 5.75 Å². The van der Waals surface area contributed by atoms with E-state index in [0.717, 1.165) is 0 Å². The Balaban J connectivity index is 2.09. The van der Waals surface area contributed by atoms with Crippen LogP contribution in [0.4, 0.5) is 9.18 Å². The van der Waals surface area contributed by atoms with Crippen molar-refractivity contribution in [3.63, 3.8) is 0 Å². The van der Waals surface area contributed by atoms with E-state index in [4.69, 9.17) is 9.47 Å². The minimum absolute atomic E-state index is 0.257. The topological polar surface area (TPSA) is 50.8 Å². The molecule has 1 aromatic rings. The monoisotopic (exact) mass is 310 g/mol. The molecule has 1 N–H and O–H groups in total. The first-order valence-corrected chi connectivity index (χ1v) is 7.35. The van der Waals surface area contributed by atoms with Gasteiger partial charge < -0.3 is 19.7 Å². The zero-order valence-corrected chi connectivity index (χ0v) is 13.5. The summed E-state index contributed by atoms with van der Waals surface area (Å²) in [7, 11) is 1.50. The van der Waals surface area contributed by atoms with Crippen LogP contribution >= 0.6 is 0 Å². The van der Waals surface area contributed by atoms with Gasteiger partial charge in [-0.05, 0) is 26.8 Å². The number of piperazine rings is 1. The molecule has 1 aliphatic rings. The van der Waals surface area contributed by atoms with Crippen LogP contribution < -0.4 is 10.1 Å². The van der Waals surface area contributed by atoms with Crippen molar-refractivity contribution in [3.8, 4) is 5.75 Å². The maximum atomic E-state index is 14.2. The molecule has 1 fully saturated rings. The third-order valence-electron chi connectivity index (χ3n) is 3.41. The minimum Gasteiger partial charge on any atom is -0.497 e. The normalized spacial score (nSPS) is 19.0.